The van der Waals surface area contributed by atoms with Crippen LogP contribution in [0.4, 0.5) is 0 Å². The number of carbonyl (C=O) groups is 2. The third kappa shape index (κ3) is 4.43. The Kier molecular flexibility index (Phi) is 7.89. The van der Waals surface area contributed by atoms with Crippen molar-refractivity contribution in [2.75, 3.05) is 19.6 Å². The summed E-state index contributed by atoms with van der Waals surface area (Å²) in [5, 5.41) is 13.4. The molecule has 15 rings (SSSR count). The summed E-state index contributed by atoms with van der Waals surface area (Å²) in [7, 11) is 0. The van der Waals surface area contributed by atoms with E-state index in [-0.39, 0.29) is 41.5 Å². The quantitative estimate of drug-likeness (QED) is 0.234. The maximum absolute atomic E-state index is 16.1. The minimum atomic E-state index is -1.14. The monoisotopic (exact) mass is 845 g/mol. The molecule has 3 N–H and O–H groups in total. The molecular formula is C55H63N3O5. The van der Waals surface area contributed by atoms with Gasteiger partial charge in [0.15, 0.2) is 11.4 Å². The average Bonchev–Trinajstić information content (AvgIpc) is 3.74. The predicted octanol–water partition coefficient (Wildman–Crippen LogP) is 8.85. The van der Waals surface area contributed by atoms with E-state index >= 15 is 4.79 Å². The van der Waals surface area contributed by atoms with Gasteiger partial charge in [0.05, 0.1) is 17.0 Å². The number of ether oxygens (including phenoxy) is 2. The number of nitrogens with zero attached hydrogens (tertiary/aromatic N) is 2. The first-order chi connectivity index (χ1) is 30.7. The van der Waals surface area contributed by atoms with Crippen LogP contribution in [0.2, 0.25) is 0 Å². The number of piperidine rings is 3. The summed E-state index contributed by atoms with van der Waals surface area (Å²) in [5.74, 6) is 2.28. The van der Waals surface area contributed by atoms with Crippen LogP contribution >= 0.6 is 0 Å². The van der Waals surface area contributed by atoms with Gasteiger partial charge >= 0.3 is 11.9 Å². The molecule has 8 heterocycles. The number of esters is 2. The Morgan fingerprint density at radius 2 is 1.81 bits per heavy atom. The molecule has 1 saturated carbocycles. The van der Waals surface area contributed by atoms with E-state index in [4.69, 9.17) is 15.2 Å². The van der Waals surface area contributed by atoms with Crippen LogP contribution in [-0.2, 0) is 39.1 Å². The number of aliphatic hydroxyl groups is 1. The van der Waals surface area contributed by atoms with Gasteiger partial charge in [-0.1, -0.05) is 79.1 Å². The summed E-state index contributed by atoms with van der Waals surface area (Å²) in [6.45, 7) is 7.51. The Morgan fingerprint density at radius 3 is 2.70 bits per heavy atom. The van der Waals surface area contributed by atoms with Gasteiger partial charge in [-0.3, -0.25) is 9.69 Å². The van der Waals surface area contributed by atoms with Crippen LogP contribution in [0.5, 0.6) is 0 Å². The van der Waals surface area contributed by atoms with Crippen LogP contribution in [0.1, 0.15) is 117 Å². The minimum Gasteiger partial charge on any atom is -0.508 e. The van der Waals surface area contributed by atoms with Gasteiger partial charge in [0, 0.05) is 54.2 Å². The van der Waals surface area contributed by atoms with Gasteiger partial charge in [-0.25, -0.2) is 4.79 Å². The summed E-state index contributed by atoms with van der Waals surface area (Å²) >= 11 is 0. The van der Waals surface area contributed by atoms with Gasteiger partial charge in [-0.05, 0) is 149 Å². The Hall–Kier alpha value is -4.14. The maximum Gasteiger partial charge on any atom is 0.339 e. The molecule has 5 fully saturated rings. The normalized spacial score (nSPS) is 45.5. The molecular weight excluding hydrogens is 783 g/mol. The first-order valence-corrected chi connectivity index (χ1v) is 25.2. The van der Waals surface area contributed by atoms with E-state index in [0.29, 0.717) is 72.4 Å². The topological polar surface area (TPSA) is 105 Å². The van der Waals surface area contributed by atoms with Crippen LogP contribution in [-0.4, -0.2) is 64.6 Å². The zero-order valence-corrected chi connectivity index (χ0v) is 37.1. The molecule has 15 atom stereocenters. The number of hydrogen-bond donors (Lipinski definition) is 2. The van der Waals surface area contributed by atoms with E-state index in [1.54, 1.807) is 5.70 Å². The minimum absolute atomic E-state index is 0.0808. The van der Waals surface area contributed by atoms with Crippen molar-refractivity contribution in [1.29, 1.82) is 0 Å². The van der Waals surface area contributed by atoms with E-state index in [1.165, 1.54) is 34.3 Å². The third-order valence-corrected chi connectivity index (χ3v) is 20.4. The number of benzene rings is 2. The highest BCUT2D eigenvalue weighted by atomic mass is 16.6. The number of nitrogens with two attached hydrogens (primary N) is 1. The maximum atomic E-state index is 16.1. The van der Waals surface area contributed by atoms with Gasteiger partial charge in [-0.2, -0.15) is 0 Å². The molecule has 14 bridgehead atoms. The standard InChI is InChI=1S/C55H63N3O5/c1-29-22-34-15-17-43-36-25-37-28-58(43)48(34)47-39-19-20-53-50(49(59)38-16-18-42(37)57(27-36)30(38)2)62-52(61)54(53)41(39)26-35(45(29)47)24-32-10-5-9-31(23-32)8-3-4-14-44(54)55(53)40-13-6-11-33(12-7-21-56)46(40)51(60)63-55/h5-6,9-11,13,15,17,23,29-30,35-38,42-45,47,59H,3-4,7-8,12,14,16,18-22,24-28,56H2,1-2H3/b50-49+/t29-,30-,35+,36-,37-,38-,42+,43-,44-,45-,47+,53+,54-,55+/m0/s1. The summed E-state index contributed by atoms with van der Waals surface area (Å²) in [5.41, 5.74) is 14.1. The van der Waals surface area contributed by atoms with E-state index in [2.05, 4.69) is 78.3 Å². The Bertz CT molecular complexity index is 2540. The molecule has 0 radical (unpaired) electrons. The Morgan fingerprint density at radius 1 is 0.937 bits per heavy atom. The molecule has 1 unspecified atom stereocenters. The van der Waals surface area contributed by atoms with Crippen LogP contribution in [0, 0.1) is 58.2 Å². The molecule has 4 saturated heterocycles. The van der Waals surface area contributed by atoms with Crippen LogP contribution < -0.4 is 5.73 Å². The second kappa shape index (κ2) is 13.0. The van der Waals surface area contributed by atoms with E-state index < -0.39 is 16.4 Å². The number of aliphatic hydroxyl groups excluding tert-OH is 1. The van der Waals surface area contributed by atoms with E-state index in [0.717, 1.165) is 94.8 Å². The lowest BCUT2D eigenvalue weighted by molar-refractivity contribution is -0.279. The highest BCUT2D eigenvalue weighted by Gasteiger charge is 2.93. The van der Waals surface area contributed by atoms with Crippen molar-refractivity contribution in [3.63, 3.8) is 0 Å². The Labute approximate surface area is 372 Å². The Balaban J connectivity index is 1.09. The summed E-state index contributed by atoms with van der Waals surface area (Å²) in [6, 6.07) is 16.6. The van der Waals surface area contributed by atoms with Crippen molar-refractivity contribution < 1.29 is 24.2 Å². The molecule has 2 aromatic carbocycles. The summed E-state index contributed by atoms with van der Waals surface area (Å²) in [4.78, 5) is 36.8. The number of hydrogen-bond acceptors (Lipinski definition) is 8. The lowest BCUT2D eigenvalue weighted by Crippen LogP contribution is -2.77. The van der Waals surface area contributed by atoms with Crippen LogP contribution in [0.3, 0.4) is 0 Å². The molecule has 8 heteroatoms. The second-order valence-corrected chi connectivity index (χ2v) is 22.6. The second-order valence-electron chi connectivity index (χ2n) is 22.6. The highest BCUT2D eigenvalue weighted by Crippen LogP contribution is 2.87. The molecule has 8 aliphatic heterocycles. The third-order valence-electron chi connectivity index (χ3n) is 20.4. The van der Waals surface area contributed by atoms with Gasteiger partial charge in [0.25, 0.3) is 0 Å². The fourth-order valence-corrected chi connectivity index (χ4v) is 18.4. The fraction of sp³-hybridized carbons (Fsp3) is 0.600. The summed E-state index contributed by atoms with van der Waals surface area (Å²) in [6.07, 6.45) is 17.6. The first-order valence-electron chi connectivity index (χ1n) is 25.2. The molecule has 0 amide bonds. The zero-order chi connectivity index (χ0) is 42.3. The van der Waals surface area contributed by atoms with Gasteiger partial charge < -0.3 is 25.2 Å². The fourth-order valence-electron chi connectivity index (χ4n) is 18.4. The van der Waals surface area contributed by atoms with Crippen molar-refractivity contribution >= 4 is 11.9 Å². The van der Waals surface area contributed by atoms with E-state index in [9.17, 15) is 9.90 Å². The number of carbonyl (C=O) groups excluding carboxylic acids is 2. The van der Waals surface area contributed by atoms with Crippen molar-refractivity contribution in [2.24, 2.45) is 63.9 Å². The molecule has 8 nitrogen and oxygen atoms in total. The lowest BCUT2D eigenvalue weighted by atomic mass is 9.28. The highest BCUT2D eigenvalue weighted by molar-refractivity contribution is 6.00. The van der Waals surface area contributed by atoms with Crippen molar-refractivity contribution in [1.82, 2.24) is 9.80 Å². The number of aryl methyl sites for hydroxylation is 2. The van der Waals surface area contributed by atoms with Crippen LogP contribution in [0.25, 0.3) is 0 Å². The molecule has 3 spiro atoms. The van der Waals surface area contributed by atoms with Gasteiger partial charge in [0.2, 0.25) is 0 Å². The molecule has 5 aliphatic carbocycles. The van der Waals surface area contributed by atoms with Crippen molar-refractivity contribution in [3.05, 3.63) is 116 Å². The molecule has 2 aromatic rings. The number of allylic oxidation sites excluding steroid dienone is 3. The molecule has 328 valence electrons. The molecule has 13 aliphatic rings. The predicted molar refractivity (Wildman–Crippen MR) is 239 cm³/mol. The molecule has 63 heavy (non-hydrogen) atoms. The number of fused-ring (bicyclic) bond motifs is 8. The molecule has 0 aromatic heterocycles. The van der Waals surface area contributed by atoms with Crippen LogP contribution in [0.15, 0.2) is 88.6 Å². The number of rotatable bonds is 3. The SMILES string of the molecule is C[C@H]1CC2=C3[C@@H]4C5=C6C[C@@H](Cc7cccc(c7)CCCC[C@H]7[C@]68C(=O)O/C(=C(/O)[C@H]6CC[C@@H]9[C@H]%10C[C@@H](CN9[C@H]6C)[C@H](C=C2)N3C%10)[C@@]8(CC5)[C@]72OC(=O)c3c(CCCN)cccc32)[C@@H]41. The first kappa shape index (κ1) is 38.2. The van der Waals surface area contributed by atoms with Gasteiger partial charge in [0.1, 0.15) is 11.2 Å². The lowest BCUT2D eigenvalue weighted by Gasteiger charge is -2.72. The van der Waals surface area contributed by atoms with E-state index in [1.807, 2.05) is 0 Å². The smallest absolute Gasteiger partial charge is 0.339 e. The van der Waals surface area contributed by atoms with Crippen molar-refractivity contribution in [2.45, 2.75) is 127 Å². The van der Waals surface area contributed by atoms with Crippen molar-refractivity contribution in [3.8, 4) is 0 Å². The largest absolute Gasteiger partial charge is 0.508 e. The average molecular weight is 846 g/mol. The summed E-state index contributed by atoms with van der Waals surface area (Å²) < 4.78 is 14.3. The zero-order valence-electron chi connectivity index (χ0n) is 37.1. The van der Waals surface area contributed by atoms with Gasteiger partial charge in [-0.15, -0.1) is 0 Å².